The van der Waals surface area contributed by atoms with Crippen LogP contribution in [0.5, 0.6) is 5.75 Å². The summed E-state index contributed by atoms with van der Waals surface area (Å²) in [5.74, 6) is 0.484. The fourth-order valence-corrected chi connectivity index (χ4v) is 9.67. The molecule has 4 nitrogen and oxygen atoms in total. The maximum Gasteiger partial charge on any atom is 0.149 e. The number of para-hydroxylation sites is 1. The van der Waals surface area contributed by atoms with Gasteiger partial charge in [-0.25, -0.2) is 4.98 Å². The Morgan fingerprint density at radius 2 is 1.13 bits per heavy atom. The number of hydrogen-bond donors (Lipinski definition) is 1. The van der Waals surface area contributed by atoms with E-state index < -0.39 is 19.1 Å². The Labute approximate surface area is 416 Å². The fraction of sp³-hybridized carbons (Fsp3) is 0.169. The lowest BCUT2D eigenvalue weighted by Gasteiger charge is -2.26. The Bertz CT molecular complexity index is 3770. The molecule has 2 aromatic heterocycles. The van der Waals surface area contributed by atoms with Gasteiger partial charge in [-0.05, 0) is 153 Å². The Kier molecular flexibility index (Phi) is 9.78. The number of aromatic hydroxyl groups is 1. The minimum atomic E-state index is -2.58. The van der Waals surface area contributed by atoms with E-state index in [4.69, 9.17) is 14.1 Å². The second-order valence-electron chi connectivity index (χ2n) is 20.2. The predicted octanol–water partition coefficient (Wildman–Crippen LogP) is 17.3. The highest BCUT2D eigenvalue weighted by atomic mass is 16.3. The van der Waals surface area contributed by atoms with Crippen LogP contribution in [0.25, 0.3) is 95.0 Å². The molecule has 2 heterocycles. The zero-order valence-corrected chi connectivity index (χ0v) is 40.2. The highest BCUT2D eigenvalue weighted by Gasteiger charge is 2.28. The largest absolute Gasteiger partial charge is 0.507 e. The molecule has 0 saturated carbocycles. The molecule has 0 radical (unpaired) electrons. The summed E-state index contributed by atoms with van der Waals surface area (Å²) in [6.07, 6.45) is 1.77. The molecule has 0 aliphatic rings. The van der Waals surface area contributed by atoms with Gasteiger partial charge in [-0.2, -0.15) is 0 Å². The van der Waals surface area contributed by atoms with Gasteiger partial charge in [0.15, 0.2) is 0 Å². The van der Waals surface area contributed by atoms with E-state index in [2.05, 4.69) is 102 Å². The number of fused-ring (bicyclic) bond motifs is 1. The van der Waals surface area contributed by atoms with Crippen molar-refractivity contribution < 1.29 is 13.3 Å². The maximum atomic E-state index is 12.4. The van der Waals surface area contributed by atoms with Crippen LogP contribution in [0.15, 0.2) is 188 Å². The molecular formula is C65H59N3O. The van der Waals surface area contributed by atoms with Crippen LogP contribution in [0.3, 0.4) is 0 Å². The van der Waals surface area contributed by atoms with Crippen molar-refractivity contribution in [3.63, 3.8) is 0 Å². The first-order valence-corrected chi connectivity index (χ1v) is 23.5. The lowest BCUT2D eigenvalue weighted by Crippen LogP contribution is -2.13. The van der Waals surface area contributed by atoms with Crippen LogP contribution in [0.1, 0.15) is 77.6 Å². The van der Waals surface area contributed by atoms with E-state index in [0.29, 0.717) is 28.1 Å². The molecule has 0 aliphatic carbocycles. The second-order valence-corrected chi connectivity index (χ2v) is 20.2. The zero-order valence-electron chi connectivity index (χ0n) is 46.2. The predicted molar refractivity (Wildman–Crippen MR) is 290 cm³/mol. The van der Waals surface area contributed by atoms with Crippen LogP contribution in [0, 0.1) is 20.6 Å². The van der Waals surface area contributed by atoms with Crippen LogP contribution in [-0.4, -0.2) is 19.6 Å². The molecule has 0 bridgehead atoms. The molecule has 8 aromatic carbocycles. The van der Waals surface area contributed by atoms with Crippen molar-refractivity contribution in [2.75, 3.05) is 0 Å². The number of rotatable bonds is 8. The summed E-state index contributed by atoms with van der Waals surface area (Å²) < 4.78 is 53.4. The molecule has 340 valence electrons. The number of phenols is 1. The smallest absolute Gasteiger partial charge is 0.149 e. The summed E-state index contributed by atoms with van der Waals surface area (Å²) in [5, 5.41) is 12.4. The van der Waals surface area contributed by atoms with Crippen LogP contribution in [-0.2, 0) is 10.8 Å². The number of benzene rings is 8. The first kappa shape index (κ1) is 38.2. The highest BCUT2D eigenvalue weighted by Crippen LogP contribution is 2.45. The van der Waals surface area contributed by atoms with E-state index in [1.54, 1.807) is 18.3 Å². The number of imidazole rings is 1. The Balaban J connectivity index is 1.24. The number of phenolic OH excluding ortho intramolecular Hbond substituents is 1. The summed E-state index contributed by atoms with van der Waals surface area (Å²) in [6.45, 7) is 9.94. The van der Waals surface area contributed by atoms with Crippen molar-refractivity contribution in [2.24, 2.45) is 0 Å². The summed E-state index contributed by atoms with van der Waals surface area (Å²) >= 11 is 0. The van der Waals surface area contributed by atoms with Crippen molar-refractivity contribution in [3.05, 3.63) is 216 Å². The van der Waals surface area contributed by atoms with Crippen molar-refractivity contribution >= 4 is 11.0 Å². The molecule has 0 fully saturated rings. The topological polar surface area (TPSA) is 50.9 Å². The SMILES string of the molecule is [2H]C([2H])([2H])c1ccc(-c2ccnc(-c3cc(-c4ccccc4)cc(-c4cccc5c4nc(-c4cc(C)cc(C(C)(C)C)c4O)n5-c4ccc(-c5c(-c6ccccc6)cccc5C(C)(C)C)cc4C([2H])([2H])[2H])c3)c2)cc1. The summed E-state index contributed by atoms with van der Waals surface area (Å²) in [7, 11) is 0. The van der Waals surface area contributed by atoms with Gasteiger partial charge in [-0.1, -0.05) is 174 Å². The molecular weight excluding hydrogens is 839 g/mol. The first-order valence-electron chi connectivity index (χ1n) is 26.5. The van der Waals surface area contributed by atoms with Crippen LogP contribution in [0.2, 0.25) is 0 Å². The molecule has 0 spiro atoms. The molecule has 0 unspecified atom stereocenters. The quantitative estimate of drug-likeness (QED) is 0.165. The maximum absolute atomic E-state index is 12.4. The van der Waals surface area contributed by atoms with Crippen molar-refractivity contribution in [1.29, 1.82) is 0 Å². The third-order valence-electron chi connectivity index (χ3n) is 13.1. The minimum Gasteiger partial charge on any atom is -0.507 e. The number of aromatic nitrogens is 3. The number of hydrogen-bond acceptors (Lipinski definition) is 3. The molecule has 4 heteroatoms. The average molecular weight is 904 g/mol. The van der Waals surface area contributed by atoms with Gasteiger partial charge in [-0.15, -0.1) is 0 Å². The van der Waals surface area contributed by atoms with Gasteiger partial charge in [0.2, 0.25) is 0 Å². The molecule has 1 N–H and O–H groups in total. The standard InChI is InChI=1S/C65H59N3O/c1-41-26-28-45(29-27-41)47-32-33-66-57(40-47)51-38-49(44-18-12-10-13-19-44)37-50(39-51)53-23-17-25-59-61(53)67-63(54-34-42(2)35-56(62(54)69)65(7,8)9)68(59)58-31-30-48(36-43(58)3)60-52(46-20-14-11-15-21-46)22-16-24-55(60)64(4,5)6/h10-40,69H,1-9H3/i1D3,3D3. The summed E-state index contributed by atoms with van der Waals surface area (Å²) in [5.41, 5.74) is 15.4. The van der Waals surface area contributed by atoms with Crippen molar-refractivity contribution in [2.45, 2.75) is 73.0 Å². The summed E-state index contributed by atoms with van der Waals surface area (Å²) in [6, 6.07) is 59.6. The third-order valence-corrected chi connectivity index (χ3v) is 13.1. The van der Waals surface area contributed by atoms with Crippen molar-refractivity contribution in [3.8, 4) is 89.7 Å². The van der Waals surface area contributed by atoms with Gasteiger partial charge >= 0.3 is 0 Å². The second kappa shape index (κ2) is 17.7. The Morgan fingerprint density at radius 1 is 0.478 bits per heavy atom. The normalized spacial score (nSPS) is 13.6. The van der Waals surface area contributed by atoms with Gasteiger partial charge in [-0.3, -0.25) is 9.55 Å². The van der Waals surface area contributed by atoms with Crippen molar-refractivity contribution in [1.82, 2.24) is 14.5 Å². The zero-order chi connectivity index (χ0) is 53.2. The molecule has 0 saturated heterocycles. The lowest BCUT2D eigenvalue weighted by atomic mass is 9.78. The van der Waals surface area contributed by atoms with Gasteiger partial charge in [0.1, 0.15) is 11.6 Å². The van der Waals surface area contributed by atoms with E-state index in [0.717, 1.165) is 83.6 Å². The molecule has 0 atom stereocenters. The molecule has 0 aliphatic heterocycles. The van der Waals surface area contributed by atoms with Gasteiger partial charge in [0, 0.05) is 31.1 Å². The highest BCUT2D eigenvalue weighted by molar-refractivity contribution is 5.98. The Morgan fingerprint density at radius 3 is 1.84 bits per heavy atom. The number of aryl methyl sites for hydroxylation is 3. The van der Waals surface area contributed by atoms with Crippen LogP contribution < -0.4 is 0 Å². The number of pyridine rings is 1. The van der Waals surface area contributed by atoms with Gasteiger partial charge < -0.3 is 5.11 Å². The van der Waals surface area contributed by atoms with Gasteiger partial charge in [0.05, 0.1) is 28.0 Å². The average Bonchev–Trinajstić information content (AvgIpc) is 3.78. The first-order chi connectivity index (χ1) is 35.5. The number of nitrogens with zero attached hydrogens (tertiary/aromatic N) is 3. The monoisotopic (exact) mass is 904 g/mol. The van der Waals surface area contributed by atoms with E-state index in [1.165, 1.54) is 0 Å². The lowest BCUT2D eigenvalue weighted by molar-refractivity contribution is 0.448. The molecule has 69 heavy (non-hydrogen) atoms. The molecule has 0 amide bonds. The van der Waals surface area contributed by atoms with Crippen LogP contribution in [0.4, 0.5) is 0 Å². The molecule has 10 rings (SSSR count). The Hall–Kier alpha value is -7.82. The van der Waals surface area contributed by atoms with E-state index in [1.807, 2.05) is 121 Å². The fourth-order valence-electron chi connectivity index (χ4n) is 9.67. The van der Waals surface area contributed by atoms with E-state index >= 15 is 0 Å². The van der Waals surface area contributed by atoms with E-state index in [9.17, 15) is 9.22 Å². The summed E-state index contributed by atoms with van der Waals surface area (Å²) in [4.78, 5) is 10.4. The minimum absolute atomic E-state index is 0.0808. The molecule has 10 aromatic rings. The van der Waals surface area contributed by atoms with Crippen LogP contribution >= 0.6 is 0 Å². The van der Waals surface area contributed by atoms with Gasteiger partial charge in [0.25, 0.3) is 0 Å². The third kappa shape index (κ3) is 8.68. The van der Waals surface area contributed by atoms with E-state index in [-0.39, 0.29) is 22.3 Å².